The highest BCUT2D eigenvalue weighted by Crippen LogP contribution is 2.30. The zero-order chi connectivity index (χ0) is 18.3. The van der Waals surface area contributed by atoms with Gasteiger partial charge in [-0.05, 0) is 19.8 Å². The van der Waals surface area contributed by atoms with Crippen molar-refractivity contribution in [3.8, 4) is 0 Å². The Morgan fingerprint density at radius 2 is 2.15 bits per heavy atom. The van der Waals surface area contributed by atoms with Crippen LogP contribution >= 0.6 is 0 Å². The molecule has 1 amide bonds. The summed E-state index contributed by atoms with van der Waals surface area (Å²) in [6.45, 7) is 5.39. The van der Waals surface area contributed by atoms with Crippen molar-refractivity contribution in [1.82, 2.24) is 29.5 Å². The Morgan fingerprint density at radius 1 is 1.38 bits per heavy atom. The summed E-state index contributed by atoms with van der Waals surface area (Å²) in [5, 5.41) is 4.08. The highest BCUT2D eigenvalue weighted by molar-refractivity contribution is 5.80. The fourth-order valence-electron chi connectivity index (χ4n) is 3.33. The molecule has 2 aromatic rings. The summed E-state index contributed by atoms with van der Waals surface area (Å²) in [6.07, 6.45) is 4.65. The van der Waals surface area contributed by atoms with E-state index in [1.54, 1.807) is 4.90 Å². The van der Waals surface area contributed by atoms with Gasteiger partial charge in [-0.2, -0.15) is 4.98 Å². The molecule has 0 unspecified atom stereocenters. The highest BCUT2D eigenvalue weighted by Gasteiger charge is 2.34. The maximum Gasteiger partial charge on any atom is 0.232 e. The van der Waals surface area contributed by atoms with E-state index in [1.165, 1.54) is 5.69 Å². The zero-order valence-corrected chi connectivity index (χ0v) is 15.7. The molecule has 8 heteroatoms. The summed E-state index contributed by atoms with van der Waals surface area (Å²) in [4.78, 5) is 25.0. The lowest BCUT2D eigenvalue weighted by Gasteiger charge is -2.36. The second-order valence-corrected chi connectivity index (χ2v) is 7.58. The molecule has 8 nitrogen and oxygen atoms in total. The lowest BCUT2D eigenvalue weighted by atomic mass is 10.00. The van der Waals surface area contributed by atoms with Crippen molar-refractivity contribution >= 4 is 5.91 Å². The normalized spacial score (nSPS) is 18.1. The van der Waals surface area contributed by atoms with Gasteiger partial charge in [0.25, 0.3) is 0 Å². The Labute approximate surface area is 153 Å². The van der Waals surface area contributed by atoms with E-state index in [2.05, 4.69) is 24.6 Å². The van der Waals surface area contributed by atoms with Gasteiger partial charge >= 0.3 is 0 Å². The van der Waals surface area contributed by atoms with E-state index < -0.39 is 0 Å². The van der Waals surface area contributed by atoms with Gasteiger partial charge < -0.3 is 14.0 Å². The number of likely N-dealkylation sites (N-methyl/N-ethyl adjacent to an activating group) is 1. The van der Waals surface area contributed by atoms with E-state index >= 15 is 0 Å². The van der Waals surface area contributed by atoms with Crippen LogP contribution in [0.3, 0.4) is 0 Å². The van der Waals surface area contributed by atoms with Crippen LogP contribution in [0.25, 0.3) is 0 Å². The lowest BCUT2D eigenvalue weighted by molar-refractivity contribution is -0.131. The molecule has 26 heavy (non-hydrogen) atoms. The maximum absolute atomic E-state index is 12.0. The van der Waals surface area contributed by atoms with Crippen LogP contribution in [0.1, 0.15) is 42.0 Å². The third-order valence-corrected chi connectivity index (χ3v) is 5.47. The number of carbonyl (C=O) groups excluding carboxylic acids is 1. The van der Waals surface area contributed by atoms with Gasteiger partial charge in [0.1, 0.15) is 5.82 Å². The van der Waals surface area contributed by atoms with Gasteiger partial charge in [-0.25, -0.2) is 4.98 Å². The van der Waals surface area contributed by atoms with E-state index in [1.807, 2.05) is 27.2 Å². The van der Waals surface area contributed by atoms with Crippen molar-refractivity contribution in [3.63, 3.8) is 0 Å². The van der Waals surface area contributed by atoms with Gasteiger partial charge in [0.2, 0.25) is 11.8 Å². The first kappa shape index (κ1) is 17.2. The van der Waals surface area contributed by atoms with Gasteiger partial charge in [-0.3, -0.25) is 9.69 Å². The van der Waals surface area contributed by atoms with Crippen LogP contribution in [0.15, 0.2) is 10.7 Å². The van der Waals surface area contributed by atoms with Crippen molar-refractivity contribution in [2.24, 2.45) is 13.0 Å². The van der Waals surface area contributed by atoms with E-state index in [9.17, 15) is 4.79 Å². The summed E-state index contributed by atoms with van der Waals surface area (Å²) in [5.74, 6) is 3.24. The first-order chi connectivity index (χ1) is 12.5. The van der Waals surface area contributed by atoms with E-state index in [4.69, 9.17) is 4.52 Å². The molecule has 3 heterocycles. The maximum atomic E-state index is 12.0. The molecule has 1 saturated heterocycles. The Hall–Kier alpha value is -2.22. The topological polar surface area (TPSA) is 80.3 Å². The van der Waals surface area contributed by atoms with Crippen LogP contribution in [0.2, 0.25) is 0 Å². The number of carbonyl (C=O) groups is 1. The third-order valence-electron chi connectivity index (χ3n) is 5.47. The standard InChI is InChI=1S/C18H26N6O2/c1-12-19-8-15(23(12)3)11-24-9-14(10-24)17-20-16(21-26-17)6-7-22(2)18(25)13-4-5-13/h8,13-14H,4-7,9-11H2,1-3H3. The second kappa shape index (κ2) is 6.83. The third kappa shape index (κ3) is 3.51. The second-order valence-electron chi connectivity index (χ2n) is 7.58. The fraction of sp³-hybridized carbons (Fsp3) is 0.667. The number of aryl methyl sites for hydroxylation is 1. The molecule has 0 bridgehead atoms. The number of nitrogens with zero attached hydrogens (tertiary/aromatic N) is 6. The van der Waals surface area contributed by atoms with Gasteiger partial charge in [0.05, 0.1) is 11.6 Å². The molecule has 2 aliphatic rings. The summed E-state index contributed by atoms with van der Waals surface area (Å²) in [6, 6.07) is 0. The Balaban J connectivity index is 1.24. The molecule has 0 spiro atoms. The van der Waals surface area contributed by atoms with E-state index in [0.29, 0.717) is 30.6 Å². The van der Waals surface area contributed by atoms with Gasteiger partial charge in [-0.1, -0.05) is 5.16 Å². The molecular formula is C18H26N6O2. The summed E-state index contributed by atoms with van der Waals surface area (Å²) >= 11 is 0. The molecule has 0 radical (unpaired) electrons. The highest BCUT2D eigenvalue weighted by atomic mass is 16.5. The Morgan fingerprint density at radius 3 is 2.81 bits per heavy atom. The SMILES string of the molecule is Cc1ncc(CN2CC(c3nc(CCN(C)C(=O)C4CC4)no3)C2)n1C. The Bertz CT molecular complexity index is 787. The minimum Gasteiger partial charge on any atom is -0.345 e. The molecule has 0 N–H and O–H groups in total. The van der Waals surface area contributed by atoms with Crippen LogP contribution in [-0.4, -0.2) is 62.1 Å². The number of aromatic nitrogens is 4. The van der Waals surface area contributed by atoms with Crippen LogP contribution < -0.4 is 0 Å². The van der Waals surface area contributed by atoms with Crippen molar-refractivity contribution in [1.29, 1.82) is 0 Å². The quantitative estimate of drug-likeness (QED) is 0.738. The first-order valence-corrected chi connectivity index (χ1v) is 9.28. The first-order valence-electron chi connectivity index (χ1n) is 9.28. The molecule has 2 aromatic heterocycles. The molecule has 140 valence electrons. The monoisotopic (exact) mass is 358 g/mol. The molecule has 0 aromatic carbocycles. The van der Waals surface area contributed by atoms with Crippen molar-refractivity contribution in [3.05, 3.63) is 29.4 Å². The number of imidazole rings is 1. The number of amides is 1. The molecule has 0 atom stereocenters. The smallest absolute Gasteiger partial charge is 0.232 e. The largest absolute Gasteiger partial charge is 0.345 e. The zero-order valence-electron chi connectivity index (χ0n) is 15.7. The molecule has 4 rings (SSSR count). The predicted molar refractivity (Wildman–Crippen MR) is 94.3 cm³/mol. The van der Waals surface area contributed by atoms with Crippen molar-refractivity contribution < 1.29 is 9.32 Å². The summed E-state index contributed by atoms with van der Waals surface area (Å²) < 4.78 is 7.56. The number of hydrogen-bond donors (Lipinski definition) is 0. The van der Waals surface area contributed by atoms with Crippen molar-refractivity contribution in [2.45, 2.75) is 38.6 Å². The van der Waals surface area contributed by atoms with Crippen molar-refractivity contribution in [2.75, 3.05) is 26.7 Å². The van der Waals surface area contributed by atoms with E-state index in [0.717, 1.165) is 38.3 Å². The van der Waals surface area contributed by atoms with Gasteiger partial charge in [0.15, 0.2) is 5.82 Å². The van der Waals surface area contributed by atoms with Crippen LogP contribution in [0.5, 0.6) is 0 Å². The minimum absolute atomic E-state index is 0.244. The van der Waals surface area contributed by atoms with E-state index in [-0.39, 0.29) is 11.8 Å². The number of rotatable bonds is 7. The number of hydrogen-bond acceptors (Lipinski definition) is 6. The van der Waals surface area contributed by atoms with Crippen LogP contribution in [-0.2, 0) is 24.8 Å². The van der Waals surface area contributed by atoms with Gasteiger partial charge in [0, 0.05) is 58.8 Å². The average molecular weight is 358 g/mol. The molecule has 2 fully saturated rings. The molecule has 1 aliphatic carbocycles. The average Bonchev–Trinajstić information content (AvgIpc) is 3.27. The fourth-order valence-corrected chi connectivity index (χ4v) is 3.33. The van der Waals surface area contributed by atoms with Gasteiger partial charge in [-0.15, -0.1) is 0 Å². The molecule has 1 saturated carbocycles. The predicted octanol–water partition coefficient (Wildman–Crippen LogP) is 1.12. The van der Waals surface area contributed by atoms with Crippen LogP contribution in [0, 0.1) is 12.8 Å². The molecule has 1 aliphatic heterocycles. The van der Waals surface area contributed by atoms with Crippen LogP contribution in [0.4, 0.5) is 0 Å². The number of likely N-dealkylation sites (tertiary alicyclic amines) is 1. The Kier molecular flexibility index (Phi) is 4.52. The summed E-state index contributed by atoms with van der Waals surface area (Å²) in [5.41, 5.74) is 1.22. The molecular weight excluding hydrogens is 332 g/mol. The lowest BCUT2D eigenvalue weighted by Crippen LogP contribution is -2.44. The minimum atomic E-state index is 0.244. The summed E-state index contributed by atoms with van der Waals surface area (Å²) in [7, 11) is 3.90.